The van der Waals surface area contributed by atoms with Gasteiger partial charge in [0.1, 0.15) is 17.1 Å². The van der Waals surface area contributed by atoms with E-state index in [1.54, 1.807) is 11.3 Å². The maximum Gasteiger partial charge on any atom is 0.180 e. The Bertz CT molecular complexity index is 705. The number of nitrogens with zero attached hydrogens (tertiary/aromatic N) is 1. The number of ether oxygens (including phenoxy) is 2. The Morgan fingerprint density at radius 2 is 2.14 bits per heavy atom. The van der Waals surface area contributed by atoms with Crippen molar-refractivity contribution in [2.45, 2.75) is 44.6 Å². The summed E-state index contributed by atoms with van der Waals surface area (Å²) in [5.41, 5.74) is 7.80. The molecule has 0 bridgehead atoms. The van der Waals surface area contributed by atoms with Crippen molar-refractivity contribution in [1.82, 2.24) is 4.98 Å². The molecule has 1 aliphatic carbocycles. The lowest BCUT2D eigenvalue weighted by Crippen LogP contribution is -2.37. The average Bonchev–Trinajstić information content (AvgIpc) is 2.93. The predicted octanol–water partition coefficient (Wildman–Crippen LogP) is 4.34. The van der Waals surface area contributed by atoms with Crippen molar-refractivity contribution < 1.29 is 9.47 Å². The van der Waals surface area contributed by atoms with Gasteiger partial charge in [-0.1, -0.05) is 17.8 Å². The molecule has 22 heavy (non-hydrogen) atoms. The molecule has 1 aliphatic heterocycles. The Morgan fingerprint density at radius 3 is 2.91 bits per heavy atom. The van der Waals surface area contributed by atoms with E-state index in [0.29, 0.717) is 11.7 Å². The molecule has 1 saturated carbocycles. The molecule has 1 aromatic heterocycles. The van der Waals surface area contributed by atoms with Crippen LogP contribution in [0.2, 0.25) is 0 Å². The van der Waals surface area contributed by atoms with Crippen molar-refractivity contribution >= 4 is 16.5 Å². The second-order valence-corrected chi connectivity index (χ2v) is 7.01. The molecule has 0 saturated heterocycles. The number of hydrogen-bond donors (Lipinski definition) is 1. The molecular weight excluding hydrogens is 296 g/mol. The zero-order valence-corrected chi connectivity index (χ0v) is 13.5. The van der Waals surface area contributed by atoms with Gasteiger partial charge in [0.15, 0.2) is 5.13 Å². The summed E-state index contributed by atoms with van der Waals surface area (Å²) in [6.45, 7) is 2.63. The van der Waals surface area contributed by atoms with Crippen LogP contribution in [0.5, 0.6) is 11.5 Å². The van der Waals surface area contributed by atoms with Crippen LogP contribution in [0.1, 0.15) is 43.9 Å². The number of nitrogen functional groups attached to an aromatic ring is 1. The van der Waals surface area contributed by atoms with Gasteiger partial charge < -0.3 is 15.2 Å². The fraction of sp³-hybridized carbons (Fsp3) is 0.471. The summed E-state index contributed by atoms with van der Waals surface area (Å²) >= 11 is 1.58. The van der Waals surface area contributed by atoms with Crippen LogP contribution >= 0.6 is 11.3 Å². The van der Waals surface area contributed by atoms with E-state index in [1.807, 2.05) is 25.1 Å². The number of anilines is 1. The first-order valence-electron chi connectivity index (χ1n) is 7.95. The zero-order valence-electron chi connectivity index (χ0n) is 12.7. The summed E-state index contributed by atoms with van der Waals surface area (Å²) in [5, 5.41) is 0.619. The second kappa shape index (κ2) is 5.16. The number of fused-ring (bicyclic) bond motifs is 4. The molecule has 0 radical (unpaired) electrons. The first kappa shape index (κ1) is 13.9. The van der Waals surface area contributed by atoms with E-state index in [2.05, 4.69) is 4.98 Å². The first-order chi connectivity index (χ1) is 10.7. The molecule has 1 spiro atoms. The van der Waals surface area contributed by atoms with Crippen LogP contribution in [-0.2, 0) is 5.60 Å². The van der Waals surface area contributed by atoms with E-state index in [0.717, 1.165) is 35.6 Å². The van der Waals surface area contributed by atoms with E-state index in [4.69, 9.17) is 15.2 Å². The van der Waals surface area contributed by atoms with Gasteiger partial charge in [0.25, 0.3) is 0 Å². The molecule has 2 aromatic rings. The summed E-state index contributed by atoms with van der Waals surface area (Å²) in [7, 11) is 0. The Kier molecular flexibility index (Phi) is 3.26. The smallest absolute Gasteiger partial charge is 0.180 e. The lowest BCUT2D eigenvalue weighted by molar-refractivity contribution is 0.0272. The van der Waals surface area contributed by atoms with E-state index in [-0.39, 0.29) is 5.60 Å². The van der Waals surface area contributed by atoms with Crippen molar-refractivity contribution in [1.29, 1.82) is 0 Å². The molecule has 2 heterocycles. The van der Waals surface area contributed by atoms with Crippen molar-refractivity contribution in [3.05, 3.63) is 23.1 Å². The second-order valence-electron chi connectivity index (χ2n) is 5.98. The summed E-state index contributed by atoms with van der Waals surface area (Å²) in [4.78, 5) is 5.80. The Morgan fingerprint density at radius 1 is 1.32 bits per heavy atom. The fourth-order valence-corrected chi connectivity index (χ4v) is 4.61. The van der Waals surface area contributed by atoms with Gasteiger partial charge in [-0.25, -0.2) is 4.98 Å². The molecule has 1 aromatic carbocycles. The van der Waals surface area contributed by atoms with Gasteiger partial charge in [0.2, 0.25) is 0 Å². The van der Waals surface area contributed by atoms with Crippen LogP contribution in [0.4, 0.5) is 5.13 Å². The van der Waals surface area contributed by atoms with Gasteiger partial charge >= 0.3 is 0 Å². The molecule has 116 valence electrons. The molecule has 0 amide bonds. The summed E-state index contributed by atoms with van der Waals surface area (Å²) in [6, 6.07) is 6.00. The molecule has 2 N–H and O–H groups in total. The number of thiazole rings is 1. The van der Waals surface area contributed by atoms with E-state index >= 15 is 0 Å². The maximum absolute atomic E-state index is 6.49. The van der Waals surface area contributed by atoms with Crippen LogP contribution in [-0.4, -0.2) is 11.6 Å². The third kappa shape index (κ3) is 2.07. The molecule has 2 aliphatic rings. The lowest BCUT2D eigenvalue weighted by atomic mass is 9.80. The number of benzene rings is 1. The van der Waals surface area contributed by atoms with Crippen LogP contribution in [0, 0.1) is 0 Å². The van der Waals surface area contributed by atoms with Gasteiger partial charge in [0.05, 0.1) is 17.2 Å². The van der Waals surface area contributed by atoms with E-state index in [9.17, 15) is 0 Å². The average molecular weight is 316 g/mol. The molecule has 0 atom stereocenters. The molecular formula is C17H20N2O2S. The molecule has 5 heteroatoms. The summed E-state index contributed by atoms with van der Waals surface area (Å²) in [6.07, 6.45) is 5.78. The topological polar surface area (TPSA) is 57.4 Å². The highest BCUT2D eigenvalue weighted by atomic mass is 32.1. The van der Waals surface area contributed by atoms with Crippen molar-refractivity contribution in [2.24, 2.45) is 0 Å². The molecule has 4 rings (SSSR count). The molecule has 1 fully saturated rings. The number of nitrogens with two attached hydrogens (primary N) is 1. The minimum Gasteiger partial charge on any atom is -0.494 e. The molecule has 4 nitrogen and oxygen atoms in total. The minimum atomic E-state index is -0.219. The Balaban J connectivity index is 1.86. The number of rotatable bonds is 2. The highest BCUT2D eigenvalue weighted by Gasteiger charge is 2.44. The lowest BCUT2D eigenvalue weighted by Gasteiger charge is -2.40. The normalized spacial score (nSPS) is 18.4. The zero-order chi connectivity index (χ0) is 15.2. The monoisotopic (exact) mass is 316 g/mol. The van der Waals surface area contributed by atoms with Gasteiger partial charge in [-0.2, -0.15) is 0 Å². The van der Waals surface area contributed by atoms with E-state index < -0.39 is 0 Å². The van der Waals surface area contributed by atoms with Crippen molar-refractivity contribution in [3.8, 4) is 22.8 Å². The van der Waals surface area contributed by atoms with Crippen molar-refractivity contribution in [3.63, 3.8) is 0 Å². The van der Waals surface area contributed by atoms with E-state index in [1.165, 1.54) is 24.1 Å². The highest BCUT2D eigenvalue weighted by Crippen LogP contribution is 2.53. The minimum absolute atomic E-state index is 0.219. The molecule has 0 unspecified atom stereocenters. The fourth-order valence-electron chi connectivity index (χ4n) is 3.58. The summed E-state index contributed by atoms with van der Waals surface area (Å²) < 4.78 is 12.1. The van der Waals surface area contributed by atoms with Crippen LogP contribution in [0.3, 0.4) is 0 Å². The van der Waals surface area contributed by atoms with Gasteiger partial charge in [0, 0.05) is 5.56 Å². The van der Waals surface area contributed by atoms with Gasteiger partial charge in [-0.15, -0.1) is 0 Å². The Hall–Kier alpha value is -1.75. The van der Waals surface area contributed by atoms with Crippen LogP contribution < -0.4 is 15.2 Å². The van der Waals surface area contributed by atoms with Crippen LogP contribution in [0.15, 0.2) is 18.2 Å². The number of hydrogen-bond acceptors (Lipinski definition) is 5. The Labute approximate surface area is 134 Å². The number of aromatic nitrogens is 1. The quantitative estimate of drug-likeness (QED) is 0.895. The van der Waals surface area contributed by atoms with Gasteiger partial charge in [-0.3, -0.25) is 0 Å². The third-order valence-corrected chi connectivity index (χ3v) is 5.61. The predicted molar refractivity (Wildman–Crippen MR) is 88.5 cm³/mol. The van der Waals surface area contributed by atoms with Crippen molar-refractivity contribution in [2.75, 3.05) is 12.3 Å². The maximum atomic E-state index is 6.49. The largest absolute Gasteiger partial charge is 0.494 e. The SMILES string of the molecule is CCOc1ccc2c(c1)-c1nc(N)sc1C1(CCCCC1)O2. The van der Waals surface area contributed by atoms with Gasteiger partial charge in [-0.05, 0) is 50.8 Å². The standard InChI is InChI=1S/C17H20N2O2S/c1-2-20-11-6-7-13-12(10-11)14-15(22-16(18)19-14)17(21-13)8-4-3-5-9-17/h6-7,10H,2-5,8-9H2,1H3,(H2,18,19). The van der Waals surface area contributed by atoms with Crippen LogP contribution in [0.25, 0.3) is 11.3 Å². The third-order valence-electron chi connectivity index (χ3n) is 4.54. The summed E-state index contributed by atoms with van der Waals surface area (Å²) in [5.74, 6) is 1.75. The highest BCUT2D eigenvalue weighted by molar-refractivity contribution is 7.16. The first-order valence-corrected chi connectivity index (χ1v) is 8.76.